The van der Waals surface area contributed by atoms with Crippen LogP contribution in [0.15, 0.2) is 0 Å². The van der Waals surface area contributed by atoms with Crippen LogP contribution in [0.2, 0.25) is 0 Å². The van der Waals surface area contributed by atoms with Crippen LogP contribution in [0.25, 0.3) is 0 Å². The van der Waals surface area contributed by atoms with Crippen LogP contribution in [0.1, 0.15) is 59.3 Å². The van der Waals surface area contributed by atoms with E-state index in [1.165, 1.54) is 19.3 Å². The molecule has 1 amide bonds. The van der Waals surface area contributed by atoms with E-state index in [0.29, 0.717) is 5.92 Å². The molecule has 0 aromatic rings. The predicted octanol–water partition coefficient (Wildman–Crippen LogP) is 2.69. The van der Waals surface area contributed by atoms with Gasteiger partial charge in [-0.1, -0.05) is 26.7 Å². The number of hydrogen-bond donors (Lipinski definition) is 2. The molecule has 0 heterocycles. The molecule has 1 aliphatic rings. The molecule has 3 nitrogen and oxygen atoms in total. The normalized spacial score (nSPS) is 26.9. The second-order valence-corrected chi connectivity index (χ2v) is 6.34. The molecule has 106 valence electrons. The molecule has 18 heavy (non-hydrogen) atoms. The highest BCUT2D eigenvalue weighted by molar-refractivity contribution is 5.78. The zero-order chi connectivity index (χ0) is 13.5. The molecule has 1 aliphatic carbocycles. The Balaban J connectivity index is 2.11. The summed E-state index contributed by atoms with van der Waals surface area (Å²) in [6, 6.07) is 0.250. The van der Waals surface area contributed by atoms with Gasteiger partial charge in [-0.2, -0.15) is 0 Å². The number of carbonyl (C=O) groups is 1. The molecule has 1 rings (SSSR count). The lowest BCUT2D eigenvalue weighted by molar-refractivity contribution is -0.124. The standard InChI is InChI=1S/C15H30N2O/c1-11-7-8-14(9-11)10-17-15(18)12(2)5-4-6-13(3)16/h11-14H,4-10,16H2,1-3H3,(H,17,18). The van der Waals surface area contributed by atoms with E-state index in [9.17, 15) is 4.79 Å². The van der Waals surface area contributed by atoms with E-state index in [4.69, 9.17) is 5.73 Å². The van der Waals surface area contributed by atoms with Crippen molar-refractivity contribution in [2.75, 3.05) is 6.54 Å². The monoisotopic (exact) mass is 254 g/mol. The first-order valence-corrected chi connectivity index (χ1v) is 7.52. The summed E-state index contributed by atoms with van der Waals surface area (Å²) in [5, 5.41) is 3.11. The Labute approximate surface area is 112 Å². The Morgan fingerprint density at radius 1 is 1.33 bits per heavy atom. The molecule has 1 fully saturated rings. The molecule has 0 bridgehead atoms. The second kappa shape index (κ2) is 7.78. The second-order valence-electron chi connectivity index (χ2n) is 6.34. The van der Waals surface area contributed by atoms with Gasteiger partial charge in [-0.15, -0.1) is 0 Å². The highest BCUT2D eigenvalue weighted by Crippen LogP contribution is 2.29. The third-order valence-electron chi connectivity index (χ3n) is 4.11. The van der Waals surface area contributed by atoms with Crippen LogP contribution in [-0.2, 0) is 4.79 Å². The molecule has 1 saturated carbocycles. The van der Waals surface area contributed by atoms with Gasteiger partial charge in [0.05, 0.1) is 0 Å². The van der Waals surface area contributed by atoms with Crippen molar-refractivity contribution >= 4 is 5.91 Å². The zero-order valence-electron chi connectivity index (χ0n) is 12.2. The van der Waals surface area contributed by atoms with Crippen LogP contribution in [0, 0.1) is 17.8 Å². The first-order valence-electron chi connectivity index (χ1n) is 7.52. The summed E-state index contributed by atoms with van der Waals surface area (Å²) in [4.78, 5) is 11.9. The molecular weight excluding hydrogens is 224 g/mol. The summed E-state index contributed by atoms with van der Waals surface area (Å²) in [5.74, 6) is 1.90. The lowest BCUT2D eigenvalue weighted by Crippen LogP contribution is -2.33. The van der Waals surface area contributed by atoms with Crippen molar-refractivity contribution in [1.29, 1.82) is 0 Å². The van der Waals surface area contributed by atoms with Crippen molar-refractivity contribution in [2.45, 2.75) is 65.3 Å². The minimum absolute atomic E-state index is 0.127. The van der Waals surface area contributed by atoms with Gasteiger partial charge >= 0.3 is 0 Å². The van der Waals surface area contributed by atoms with E-state index in [-0.39, 0.29) is 17.9 Å². The first-order chi connectivity index (χ1) is 8.49. The van der Waals surface area contributed by atoms with Crippen LogP contribution in [0.5, 0.6) is 0 Å². The molecule has 0 saturated heterocycles. The van der Waals surface area contributed by atoms with Crippen LogP contribution in [0.4, 0.5) is 0 Å². The van der Waals surface area contributed by atoms with Crippen LogP contribution >= 0.6 is 0 Å². The van der Waals surface area contributed by atoms with Gasteiger partial charge in [-0.25, -0.2) is 0 Å². The maximum absolute atomic E-state index is 11.9. The fourth-order valence-electron chi connectivity index (χ4n) is 2.81. The highest BCUT2D eigenvalue weighted by atomic mass is 16.1. The molecule has 0 spiro atoms. The fourth-order valence-corrected chi connectivity index (χ4v) is 2.81. The minimum Gasteiger partial charge on any atom is -0.356 e. The summed E-state index contributed by atoms with van der Waals surface area (Å²) >= 11 is 0. The summed E-state index contributed by atoms with van der Waals surface area (Å²) in [7, 11) is 0. The van der Waals surface area contributed by atoms with Crippen molar-refractivity contribution in [3.63, 3.8) is 0 Å². The van der Waals surface area contributed by atoms with E-state index >= 15 is 0 Å². The molecule has 0 aromatic heterocycles. The summed E-state index contributed by atoms with van der Waals surface area (Å²) in [5.41, 5.74) is 5.71. The van der Waals surface area contributed by atoms with Gasteiger partial charge < -0.3 is 11.1 Å². The molecule has 3 N–H and O–H groups in total. The molecule has 0 radical (unpaired) electrons. The minimum atomic E-state index is 0.127. The number of carbonyl (C=O) groups excluding carboxylic acids is 1. The van der Waals surface area contributed by atoms with Gasteiger partial charge in [0.1, 0.15) is 0 Å². The summed E-state index contributed by atoms with van der Waals surface area (Å²) in [6.45, 7) is 7.22. The molecule has 4 unspecified atom stereocenters. The lowest BCUT2D eigenvalue weighted by atomic mass is 10.0. The highest BCUT2D eigenvalue weighted by Gasteiger charge is 2.22. The van der Waals surface area contributed by atoms with Gasteiger partial charge in [0.2, 0.25) is 5.91 Å². The van der Waals surface area contributed by atoms with Gasteiger partial charge in [0.15, 0.2) is 0 Å². The van der Waals surface area contributed by atoms with E-state index in [1.807, 2.05) is 13.8 Å². The van der Waals surface area contributed by atoms with E-state index in [2.05, 4.69) is 12.2 Å². The molecule has 4 atom stereocenters. The topological polar surface area (TPSA) is 55.1 Å². The number of rotatable bonds is 7. The average Bonchev–Trinajstić information content (AvgIpc) is 2.71. The Morgan fingerprint density at radius 2 is 2.06 bits per heavy atom. The quantitative estimate of drug-likeness (QED) is 0.734. The van der Waals surface area contributed by atoms with Crippen molar-refractivity contribution in [1.82, 2.24) is 5.32 Å². The summed E-state index contributed by atoms with van der Waals surface area (Å²) < 4.78 is 0. The summed E-state index contributed by atoms with van der Waals surface area (Å²) in [6.07, 6.45) is 6.89. The molecular formula is C15H30N2O. The Kier molecular flexibility index (Phi) is 6.69. The van der Waals surface area contributed by atoms with E-state index in [1.54, 1.807) is 0 Å². The van der Waals surface area contributed by atoms with E-state index < -0.39 is 0 Å². The van der Waals surface area contributed by atoms with Crippen LogP contribution in [0.3, 0.4) is 0 Å². The van der Waals surface area contributed by atoms with E-state index in [0.717, 1.165) is 31.7 Å². The fraction of sp³-hybridized carbons (Fsp3) is 0.933. The van der Waals surface area contributed by atoms with Crippen molar-refractivity contribution in [3.8, 4) is 0 Å². The van der Waals surface area contributed by atoms with Crippen molar-refractivity contribution in [2.24, 2.45) is 23.5 Å². The Hall–Kier alpha value is -0.570. The predicted molar refractivity (Wildman–Crippen MR) is 76.2 cm³/mol. The van der Waals surface area contributed by atoms with Gasteiger partial charge in [-0.05, 0) is 44.4 Å². The van der Waals surface area contributed by atoms with Gasteiger partial charge in [0.25, 0.3) is 0 Å². The number of hydrogen-bond acceptors (Lipinski definition) is 2. The maximum Gasteiger partial charge on any atom is 0.222 e. The molecule has 0 aromatic carbocycles. The van der Waals surface area contributed by atoms with Gasteiger partial charge in [-0.3, -0.25) is 4.79 Å². The SMILES string of the molecule is CC(N)CCCC(C)C(=O)NCC1CCC(C)C1. The maximum atomic E-state index is 11.9. The van der Waals surface area contributed by atoms with Crippen molar-refractivity contribution < 1.29 is 4.79 Å². The zero-order valence-corrected chi connectivity index (χ0v) is 12.2. The average molecular weight is 254 g/mol. The lowest BCUT2D eigenvalue weighted by Gasteiger charge is -2.15. The van der Waals surface area contributed by atoms with Gasteiger partial charge in [0, 0.05) is 18.5 Å². The van der Waals surface area contributed by atoms with Crippen LogP contribution in [-0.4, -0.2) is 18.5 Å². The Morgan fingerprint density at radius 3 is 2.61 bits per heavy atom. The van der Waals surface area contributed by atoms with Crippen molar-refractivity contribution in [3.05, 3.63) is 0 Å². The first kappa shape index (κ1) is 15.5. The number of amides is 1. The third kappa shape index (κ3) is 5.85. The smallest absolute Gasteiger partial charge is 0.222 e. The molecule has 3 heteroatoms. The largest absolute Gasteiger partial charge is 0.356 e. The third-order valence-corrected chi connectivity index (χ3v) is 4.11. The number of nitrogens with one attached hydrogen (secondary N) is 1. The molecule has 0 aliphatic heterocycles. The van der Waals surface area contributed by atoms with Crippen LogP contribution < -0.4 is 11.1 Å². The Bertz CT molecular complexity index is 253. The number of nitrogens with two attached hydrogens (primary N) is 1.